The van der Waals surface area contributed by atoms with Crippen molar-refractivity contribution in [3.05, 3.63) is 35.5 Å². The first-order valence-electron chi connectivity index (χ1n) is 6.15. The van der Waals surface area contributed by atoms with Crippen LogP contribution in [-0.2, 0) is 15.0 Å². The van der Waals surface area contributed by atoms with Gasteiger partial charge in [0.05, 0.1) is 12.1 Å². The third-order valence-corrected chi connectivity index (χ3v) is 4.00. The van der Waals surface area contributed by atoms with Crippen molar-refractivity contribution in [3.63, 3.8) is 0 Å². The zero-order valence-electron chi connectivity index (χ0n) is 11.5. The quantitative estimate of drug-likeness (QED) is 0.731. The first-order chi connectivity index (χ1) is 9.77. The molecule has 21 heavy (non-hydrogen) atoms. The molecule has 1 aliphatic heterocycles. The molecule has 0 spiro atoms. The maximum absolute atomic E-state index is 12.0. The van der Waals surface area contributed by atoms with Gasteiger partial charge in [0.2, 0.25) is 5.91 Å². The average Bonchev–Trinajstić information content (AvgIpc) is 2.36. The molecule has 0 aliphatic carbocycles. The largest absolute Gasteiger partial charge is 0.508 e. The van der Waals surface area contributed by atoms with E-state index in [0.29, 0.717) is 22.7 Å². The number of hydrogen-bond donors (Lipinski definition) is 3. The van der Waals surface area contributed by atoms with Crippen molar-refractivity contribution < 1.29 is 18.3 Å². The predicted molar refractivity (Wildman–Crippen MR) is 79.2 cm³/mol. The molecule has 1 heterocycles. The Morgan fingerprint density at radius 1 is 1.29 bits per heavy atom. The summed E-state index contributed by atoms with van der Waals surface area (Å²) in [6, 6.07) is 6.06. The van der Waals surface area contributed by atoms with Gasteiger partial charge >= 0.3 is 10.2 Å². The lowest BCUT2D eigenvalue weighted by molar-refractivity contribution is -0.115. The van der Waals surface area contributed by atoms with Crippen LogP contribution in [0.5, 0.6) is 5.75 Å². The van der Waals surface area contributed by atoms with Crippen LogP contribution < -0.4 is 10.0 Å². The van der Waals surface area contributed by atoms with E-state index < -0.39 is 10.2 Å². The Morgan fingerprint density at radius 2 is 1.90 bits per heavy atom. The van der Waals surface area contributed by atoms with Crippen LogP contribution in [0.4, 0.5) is 5.69 Å². The third kappa shape index (κ3) is 3.82. The maximum Gasteiger partial charge on any atom is 0.342 e. The Bertz CT molecular complexity index is 733. The third-order valence-electron chi connectivity index (χ3n) is 2.92. The molecule has 1 amide bonds. The van der Waals surface area contributed by atoms with Gasteiger partial charge in [-0.1, -0.05) is 0 Å². The van der Waals surface area contributed by atoms with Crippen molar-refractivity contribution in [2.45, 2.75) is 20.3 Å². The minimum absolute atomic E-state index is 0.00453. The highest BCUT2D eigenvalue weighted by Gasteiger charge is 2.22. The predicted octanol–water partition coefficient (Wildman–Crippen LogP) is 1.30. The van der Waals surface area contributed by atoms with Crippen molar-refractivity contribution in [2.24, 2.45) is 4.40 Å². The molecule has 112 valence electrons. The molecule has 8 heteroatoms. The molecule has 0 unspecified atom stereocenters. The second-order valence-electron chi connectivity index (χ2n) is 4.63. The van der Waals surface area contributed by atoms with E-state index >= 15 is 0 Å². The highest BCUT2D eigenvalue weighted by atomic mass is 32.2. The number of carbonyl (C=O) groups is 1. The van der Waals surface area contributed by atoms with Gasteiger partial charge in [0.15, 0.2) is 0 Å². The van der Waals surface area contributed by atoms with Crippen LogP contribution in [0.2, 0.25) is 0 Å². The van der Waals surface area contributed by atoms with Gasteiger partial charge in [0.1, 0.15) is 5.75 Å². The monoisotopic (exact) mass is 309 g/mol. The standard InChI is InChI=1S/C13H15N3O4S/c1-8-12(9(2)16-21(19,20)15-8)7-13(18)14-10-3-5-11(17)6-4-10/h3-6,15,17H,7H2,1-2H3,(H,14,18). The summed E-state index contributed by atoms with van der Waals surface area (Å²) in [5.74, 6) is -0.193. The summed E-state index contributed by atoms with van der Waals surface area (Å²) in [6.45, 7) is 3.13. The lowest BCUT2D eigenvalue weighted by atomic mass is 10.1. The molecule has 0 aromatic heterocycles. The molecular weight excluding hydrogens is 294 g/mol. The van der Waals surface area contributed by atoms with E-state index in [1.54, 1.807) is 26.0 Å². The summed E-state index contributed by atoms with van der Waals surface area (Å²) in [7, 11) is -3.69. The molecule has 0 bridgehead atoms. The summed E-state index contributed by atoms with van der Waals surface area (Å²) in [5.41, 5.74) is 1.78. The molecule has 0 fully saturated rings. The normalized spacial score (nSPS) is 17.0. The van der Waals surface area contributed by atoms with Crippen LogP contribution in [0.1, 0.15) is 20.3 Å². The van der Waals surface area contributed by atoms with Gasteiger partial charge in [-0.05, 0) is 38.1 Å². The molecular formula is C13H15N3O4S. The summed E-state index contributed by atoms with van der Waals surface area (Å²) >= 11 is 0. The van der Waals surface area contributed by atoms with Crippen molar-refractivity contribution in [2.75, 3.05) is 5.32 Å². The number of nitrogens with one attached hydrogen (secondary N) is 2. The number of carbonyl (C=O) groups excluding carboxylic acids is 1. The first kappa shape index (κ1) is 15.0. The number of benzene rings is 1. The number of phenols is 1. The van der Waals surface area contributed by atoms with E-state index in [1.165, 1.54) is 12.1 Å². The minimum Gasteiger partial charge on any atom is -0.508 e. The number of aromatic hydroxyl groups is 1. The average molecular weight is 309 g/mol. The SMILES string of the molecule is CC1=NS(=O)(=O)NC(C)=C1CC(=O)Nc1ccc(O)cc1. The van der Waals surface area contributed by atoms with Crippen molar-refractivity contribution in [1.82, 2.24) is 4.72 Å². The highest BCUT2D eigenvalue weighted by molar-refractivity contribution is 7.88. The molecule has 2 rings (SSSR count). The van der Waals surface area contributed by atoms with Crippen LogP contribution in [0, 0.1) is 0 Å². The van der Waals surface area contributed by atoms with E-state index in [-0.39, 0.29) is 18.1 Å². The van der Waals surface area contributed by atoms with Gasteiger partial charge in [-0.3, -0.25) is 9.52 Å². The number of allylic oxidation sites excluding steroid dienone is 1. The fourth-order valence-electron chi connectivity index (χ4n) is 1.96. The second-order valence-corrected chi connectivity index (χ2v) is 5.97. The van der Waals surface area contributed by atoms with E-state index in [2.05, 4.69) is 14.4 Å². The zero-order chi connectivity index (χ0) is 15.6. The van der Waals surface area contributed by atoms with Crippen LogP contribution in [-0.4, -0.2) is 25.1 Å². The van der Waals surface area contributed by atoms with Crippen LogP contribution in [0.3, 0.4) is 0 Å². The Balaban J connectivity index is 2.10. The topological polar surface area (TPSA) is 108 Å². The summed E-state index contributed by atoms with van der Waals surface area (Å²) in [4.78, 5) is 12.0. The Morgan fingerprint density at radius 3 is 2.48 bits per heavy atom. The number of amides is 1. The van der Waals surface area contributed by atoms with Gasteiger partial charge in [-0.25, -0.2) is 0 Å². The summed E-state index contributed by atoms with van der Waals surface area (Å²) in [5, 5.41) is 11.8. The van der Waals surface area contributed by atoms with Crippen LogP contribution in [0.15, 0.2) is 39.9 Å². The van der Waals surface area contributed by atoms with Crippen LogP contribution in [0.25, 0.3) is 0 Å². The highest BCUT2D eigenvalue weighted by Crippen LogP contribution is 2.18. The maximum atomic E-state index is 12.0. The van der Waals surface area contributed by atoms with E-state index in [9.17, 15) is 13.2 Å². The Hall–Kier alpha value is -2.35. The molecule has 1 aromatic carbocycles. The molecule has 0 saturated carbocycles. The van der Waals surface area contributed by atoms with Gasteiger partial charge in [0, 0.05) is 17.0 Å². The summed E-state index contributed by atoms with van der Waals surface area (Å²) in [6.07, 6.45) is 0.00453. The molecule has 0 atom stereocenters. The molecule has 0 radical (unpaired) electrons. The lowest BCUT2D eigenvalue weighted by Gasteiger charge is -2.17. The van der Waals surface area contributed by atoms with Gasteiger partial charge < -0.3 is 10.4 Å². The van der Waals surface area contributed by atoms with Gasteiger partial charge in [-0.15, -0.1) is 4.40 Å². The number of rotatable bonds is 3. The lowest BCUT2D eigenvalue weighted by Crippen LogP contribution is -2.29. The van der Waals surface area contributed by atoms with Crippen molar-refractivity contribution in [1.29, 1.82) is 0 Å². The summed E-state index contributed by atoms with van der Waals surface area (Å²) < 4.78 is 28.5. The molecule has 1 aromatic rings. The Kier molecular flexibility index (Phi) is 3.99. The van der Waals surface area contributed by atoms with E-state index in [1.807, 2.05) is 0 Å². The van der Waals surface area contributed by atoms with Crippen molar-refractivity contribution in [3.8, 4) is 5.75 Å². The van der Waals surface area contributed by atoms with E-state index in [4.69, 9.17) is 5.11 Å². The zero-order valence-corrected chi connectivity index (χ0v) is 12.4. The first-order valence-corrected chi connectivity index (χ1v) is 7.59. The minimum atomic E-state index is -3.69. The fraction of sp³-hybridized carbons (Fsp3) is 0.231. The van der Waals surface area contributed by atoms with Crippen LogP contribution >= 0.6 is 0 Å². The molecule has 7 nitrogen and oxygen atoms in total. The number of hydrogen-bond acceptors (Lipinski definition) is 4. The number of anilines is 1. The van der Waals surface area contributed by atoms with Gasteiger partial charge in [-0.2, -0.15) is 8.42 Å². The van der Waals surface area contributed by atoms with E-state index in [0.717, 1.165) is 0 Å². The second kappa shape index (κ2) is 5.57. The molecule has 1 aliphatic rings. The number of nitrogens with zero attached hydrogens (tertiary/aromatic N) is 1. The number of phenolic OH excluding ortho intramolecular Hbond substituents is 1. The smallest absolute Gasteiger partial charge is 0.342 e. The molecule has 3 N–H and O–H groups in total. The Labute approximate surface area is 122 Å². The van der Waals surface area contributed by atoms with Gasteiger partial charge in [0.25, 0.3) is 0 Å². The fourth-order valence-corrected chi connectivity index (χ4v) is 2.98. The van der Waals surface area contributed by atoms with Crippen molar-refractivity contribution >= 4 is 27.5 Å². The molecule has 0 saturated heterocycles.